The predicted molar refractivity (Wildman–Crippen MR) is 67.8 cm³/mol. The number of hydrogen-bond donors (Lipinski definition) is 1. The molecule has 0 aromatic heterocycles. The monoisotopic (exact) mass is 253 g/mol. The van der Waals surface area contributed by atoms with Crippen molar-refractivity contribution in [3.05, 3.63) is 0 Å². The molecule has 1 unspecified atom stereocenters. The first-order valence-electron chi connectivity index (χ1n) is 7.12. The van der Waals surface area contributed by atoms with Crippen LogP contribution in [0.2, 0.25) is 0 Å². The Hall–Kier alpha value is -0.900. The van der Waals surface area contributed by atoms with E-state index < -0.39 is 5.41 Å². The Morgan fingerprint density at radius 3 is 2.33 bits per heavy atom. The highest BCUT2D eigenvalue weighted by Gasteiger charge is 2.52. The van der Waals surface area contributed by atoms with Crippen molar-refractivity contribution in [2.24, 2.45) is 5.41 Å². The Morgan fingerprint density at radius 1 is 1.22 bits per heavy atom. The van der Waals surface area contributed by atoms with Crippen LogP contribution in [-0.4, -0.2) is 34.5 Å². The topological polar surface area (TPSA) is 57.6 Å². The van der Waals surface area contributed by atoms with Crippen molar-refractivity contribution < 1.29 is 14.7 Å². The number of nitrogens with zero attached hydrogens (tertiary/aromatic N) is 1. The van der Waals surface area contributed by atoms with Crippen LogP contribution in [-0.2, 0) is 9.59 Å². The summed E-state index contributed by atoms with van der Waals surface area (Å²) in [6, 6.07) is -0.326. The minimum atomic E-state index is -0.434. The first kappa shape index (κ1) is 13.5. The lowest BCUT2D eigenvalue weighted by atomic mass is 9.79. The predicted octanol–water partition coefficient (Wildman–Crippen LogP) is 1.86. The molecule has 2 amide bonds. The second-order valence-electron chi connectivity index (χ2n) is 5.68. The van der Waals surface area contributed by atoms with Gasteiger partial charge in [0, 0.05) is 6.42 Å². The summed E-state index contributed by atoms with van der Waals surface area (Å²) in [4.78, 5) is 26.1. The van der Waals surface area contributed by atoms with E-state index in [1.165, 1.54) is 17.7 Å². The SMILES string of the molecule is CCC(CO)N1C(=O)CC2(CCCCCC2)C1=O. The molecule has 4 heteroatoms. The number of aliphatic hydroxyl groups is 1. The molecule has 1 saturated carbocycles. The van der Waals surface area contributed by atoms with Gasteiger partial charge in [-0.2, -0.15) is 0 Å². The number of carbonyl (C=O) groups excluding carboxylic acids is 2. The van der Waals surface area contributed by atoms with Gasteiger partial charge in [0.25, 0.3) is 0 Å². The van der Waals surface area contributed by atoms with Gasteiger partial charge < -0.3 is 5.11 Å². The number of amides is 2. The maximum Gasteiger partial charge on any atom is 0.236 e. The minimum absolute atomic E-state index is 0.0182. The Labute approximate surface area is 108 Å². The molecular weight excluding hydrogens is 230 g/mol. The fourth-order valence-electron chi connectivity index (χ4n) is 3.38. The first-order chi connectivity index (χ1) is 8.64. The van der Waals surface area contributed by atoms with E-state index in [4.69, 9.17) is 0 Å². The summed E-state index contributed by atoms with van der Waals surface area (Å²) in [5, 5.41) is 9.32. The molecule has 4 nitrogen and oxygen atoms in total. The molecule has 2 fully saturated rings. The molecular formula is C14H23NO3. The van der Waals surface area contributed by atoms with E-state index in [1.54, 1.807) is 0 Å². The zero-order chi connectivity index (χ0) is 13.2. The van der Waals surface area contributed by atoms with Gasteiger partial charge in [0.15, 0.2) is 0 Å². The first-order valence-corrected chi connectivity index (χ1v) is 7.12. The lowest BCUT2D eigenvalue weighted by Crippen LogP contribution is -2.44. The van der Waals surface area contributed by atoms with Gasteiger partial charge in [-0.25, -0.2) is 0 Å². The van der Waals surface area contributed by atoms with Gasteiger partial charge in [0.1, 0.15) is 0 Å². The zero-order valence-corrected chi connectivity index (χ0v) is 11.2. The molecule has 1 N–H and O–H groups in total. The van der Waals surface area contributed by atoms with Crippen LogP contribution in [0.5, 0.6) is 0 Å². The fraction of sp³-hybridized carbons (Fsp3) is 0.857. The van der Waals surface area contributed by atoms with E-state index in [1.807, 2.05) is 6.92 Å². The van der Waals surface area contributed by atoms with E-state index in [-0.39, 0.29) is 24.5 Å². The van der Waals surface area contributed by atoms with E-state index in [9.17, 15) is 14.7 Å². The summed E-state index contributed by atoms with van der Waals surface area (Å²) >= 11 is 0. The van der Waals surface area contributed by atoms with Crippen molar-refractivity contribution in [3.8, 4) is 0 Å². The van der Waals surface area contributed by atoms with Crippen LogP contribution in [0.15, 0.2) is 0 Å². The van der Waals surface area contributed by atoms with Crippen molar-refractivity contribution in [1.82, 2.24) is 4.90 Å². The molecule has 0 bridgehead atoms. The molecule has 1 spiro atoms. The van der Waals surface area contributed by atoms with E-state index in [0.29, 0.717) is 12.8 Å². The Bertz CT molecular complexity index is 328. The highest BCUT2D eigenvalue weighted by atomic mass is 16.3. The van der Waals surface area contributed by atoms with Gasteiger partial charge in [0.2, 0.25) is 11.8 Å². The summed E-state index contributed by atoms with van der Waals surface area (Å²) in [6.07, 6.45) is 7.10. The van der Waals surface area contributed by atoms with Crippen LogP contribution in [0.1, 0.15) is 58.3 Å². The quantitative estimate of drug-likeness (QED) is 0.781. The number of aliphatic hydroxyl groups excluding tert-OH is 1. The maximum atomic E-state index is 12.6. The number of rotatable bonds is 3. The standard InChI is InChI=1S/C14H23NO3/c1-2-11(10-16)15-12(17)9-14(13(15)18)7-5-3-4-6-8-14/h11,16H,2-10H2,1H3. The molecule has 1 aliphatic heterocycles. The van der Waals surface area contributed by atoms with Gasteiger partial charge in [-0.15, -0.1) is 0 Å². The van der Waals surface area contributed by atoms with Crippen molar-refractivity contribution in [1.29, 1.82) is 0 Å². The molecule has 18 heavy (non-hydrogen) atoms. The molecule has 2 aliphatic rings. The van der Waals surface area contributed by atoms with Gasteiger partial charge in [-0.05, 0) is 19.3 Å². The van der Waals surface area contributed by atoms with E-state index >= 15 is 0 Å². The van der Waals surface area contributed by atoms with Crippen LogP contribution in [0.3, 0.4) is 0 Å². The smallest absolute Gasteiger partial charge is 0.236 e. The van der Waals surface area contributed by atoms with Crippen LogP contribution < -0.4 is 0 Å². The summed E-state index contributed by atoms with van der Waals surface area (Å²) in [5.41, 5.74) is -0.434. The lowest BCUT2D eigenvalue weighted by molar-refractivity contribution is -0.145. The second kappa shape index (κ2) is 5.39. The van der Waals surface area contributed by atoms with Crippen molar-refractivity contribution in [2.45, 2.75) is 64.3 Å². The highest BCUT2D eigenvalue weighted by Crippen LogP contribution is 2.45. The average Bonchev–Trinajstić information content (AvgIpc) is 2.56. The molecule has 1 heterocycles. The number of imide groups is 1. The Morgan fingerprint density at radius 2 is 1.83 bits per heavy atom. The van der Waals surface area contributed by atoms with Crippen LogP contribution in [0.25, 0.3) is 0 Å². The third-order valence-corrected chi connectivity index (χ3v) is 4.54. The zero-order valence-electron chi connectivity index (χ0n) is 11.2. The third kappa shape index (κ3) is 2.18. The molecule has 1 saturated heterocycles. The molecule has 0 aromatic rings. The number of hydrogen-bond acceptors (Lipinski definition) is 3. The maximum absolute atomic E-state index is 12.6. The molecule has 2 rings (SSSR count). The Kier molecular flexibility index (Phi) is 4.05. The minimum Gasteiger partial charge on any atom is -0.394 e. The second-order valence-corrected chi connectivity index (χ2v) is 5.68. The number of carbonyl (C=O) groups is 2. The largest absolute Gasteiger partial charge is 0.394 e. The summed E-state index contributed by atoms with van der Waals surface area (Å²) in [6.45, 7) is 1.78. The molecule has 1 atom stereocenters. The van der Waals surface area contributed by atoms with E-state index in [0.717, 1.165) is 25.7 Å². The number of likely N-dealkylation sites (tertiary alicyclic amines) is 1. The van der Waals surface area contributed by atoms with Gasteiger partial charge in [0.05, 0.1) is 18.1 Å². The summed E-state index contributed by atoms with van der Waals surface area (Å²) in [5.74, 6) is -0.0990. The van der Waals surface area contributed by atoms with Crippen molar-refractivity contribution in [2.75, 3.05) is 6.61 Å². The molecule has 0 radical (unpaired) electrons. The van der Waals surface area contributed by atoms with Crippen LogP contribution >= 0.6 is 0 Å². The Balaban J connectivity index is 2.21. The lowest BCUT2D eigenvalue weighted by Gasteiger charge is -2.28. The van der Waals surface area contributed by atoms with Crippen LogP contribution in [0.4, 0.5) is 0 Å². The molecule has 102 valence electrons. The molecule has 1 aliphatic carbocycles. The van der Waals surface area contributed by atoms with Gasteiger partial charge in [-0.3, -0.25) is 14.5 Å². The van der Waals surface area contributed by atoms with Crippen molar-refractivity contribution in [3.63, 3.8) is 0 Å². The normalized spacial score (nSPS) is 25.6. The molecule has 0 aromatic carbocycles. The van der Waals surface area contributed by atoms with E-state index in [2.05, 4.69) is 0 Å². The average molecular weight is 253 g/mol. The fourth-order valence-corrected chi connectivity index (χ4v) is 3.38. The summed E-state index contributed by atoms with van der Waals surface area (Å²) < 4.78 is 0. The van der Waals surface area contributed by atoms with Gasteiger partial charge >= 0.3 is 0 Å². The van der Waals surface area contributed by atoms with Crippen LogP contribution in [0, 0.1) is 5.41 Å². The summed E-state index contributed by atoms with van der Waals surface area (Å²) in [7, 11) is 0. The van der Waals surface area contributed by atoms with Gasteiger partial charge in [-0.1, -0.05) is 32.6 Å². The van der Waals surface area contributed by atoms with Crippen molar-refractivity contribution >= 4 is 11.8 Å². The highest BCUT2D eigenvalue weighted by molar-refractivity contribution is 6.06. The third-order valence-electron chi connectivity index (χ3n) is 4.54.